The van der Waals surface area contributed by atoms with E-state index in [1.165, 1.54) is 40.3 Å². The molecule has 1 aromatic carbocycles. The number of nitriles is 1. The number of fused-ring (bicyclic) bond motifs is 1. The van der Waals surface area contributed by atoms with Crippen molar-refractivity contribution in [2.75, 3.05) is 13.6 Å². The van der Waals surface area contributed by atoms with Crippen LogP contribution in [0.5, 0.6) is 0 Å². The minimum absolute atomic E-state index is 0.133. The number of benzene rings is 1. The molecule has 28 heavy (non-hydrogen) atoms. The molecule has 0 saturated carbocycles. The van der Waals surface area contributed by atoms with Crippen LogP contribution in [0, 0.1) is 21.4 Å². The van der Waals surface area contributed by atoms with E-state index in [0.717, 1.165) is 4.57 Å². The molecule has 0 atom stereocenters. The number of nitrogens with zero attached hydrogens (tertiary/aromatic N) is 7. The third-order valence-electron chi connectivity index (χ3n) is 4.15. The summed E-state index contributed by atoms with van der Waals surface area (Å²) in [6, 6.07) is 7.94. The van der Waals surface area contributed by atoms with Crippen LogP contribution in [0.2, 0.25) is 0 Å². The molecule has 3 rings (SSSR count). The maximum atomic E-state index is 12.7. The number of carbonyl (C=O) groups excluding carboxylic acids is 1. The zero-order chi connectivity index (χ0) is 20.3. The van der Waals surface area contributed by atoms with E-state index in [0.29, 0.717) is 0 Å². The number of likely N-dealkylation sites (N-methyl/N-ethyl adjacent to an activating group) is 1. The monoisotopic (exact) mass is 381 g/mol. The smallest absolute Gasteiger partial charge is 0.294 e. The van der Waals surface area contributed by atoms with Crippen LogP contribution in [0.1, 0.15) is 6.42 Å². The first kappa shape index (κ1) is 18.7. The average molecular weight is 381 g/mol. The fourth-order valence-electron chi connectivity index (χ4n) is 2.64. The van der Waals surface area contributed by atoms with Crippen molar-refractivity contribution in [3.63, 3.8) is 0 Å². The third-order valence-corrected chi connectivity index (χ3v) is 4.15. The molecule has 11 nitrogen and oxygen atoms in total. The van der Waals surface area contributed by atoms with Gasteiger partial charge in [-0.25, -0.2) is 9.67 Å². The van der Waals surface area contributed by atoms with E-state index in [4.69, 9.17) is 5.26 Å². The molecule has 0 saturated heterocycles. The second-order valence-corrected chi connectivity index (χ2v) is 5.94. The van der Waals surface area contributed by atoms with Crippen molar-refractivity contribution in [3.8, 4) is 11.8 Å². The molecular weight excluding hydrogens is 366 g/mol. The van der Waals surface area contributed by atoms with Gasteiger partial charge in [0.2, 0.25) is 5.91 Å². The summed E-state index contributed by atoms with van der Waals surface area (Å²) in [5.41, 5.74) is -0.329. The summed E-state index contributed by atoms with van der Waals surface area (Å²) in [6.07, 6.45) is 2.66. The van der Waals surface area contributed by atoms with Crippen LogP contribution in [-0.2, 0) is 11.3 Å². The van der Waals surface area contributed by atoms with Gasteiger partial charge in [0, 0.05) is 19.7 Å². The van der Waals surface area contributed by atoms with Crippen LogP contribution in [0.4, 0.5) is 5.69 Å². The van der Waals surface area contributed by atoms with E-state index in [1.54, 1.807) is 13.1 Å². The maximum absolute atomic E-state index is 12.7. The SMILES string of the molecule is CN(CCC#N)C(=O)Cn1cnc2c(cnn2-c2ccccc2[N+](=O)[O-])c1=O. The lowest BCUT2D eigenvalue weighted by Gasteiger charge is -2.15. The summed E-state index contributed by atoms with van der Waals surface area (Å²) < 4.78 is 2.36. The molecule has 11 heteroatoms. The zero-order valence-corrected chi connectivity index (χ0v) is 14.8. The highest BCUT2D eigenvalue weighted by molar-refractivity contribution is 5.78. The first-order chi connectivity index (χ1) is 13.4. The second kappa shape index (κ2) is 7.67. The number of carbonyl (C=O) groups is 1. The molecule has 1 amide bonds. The molecule has 0 bridgehead atoms. The van der Waals surface area contributed by atoms with Crippen LogP contribution in [0.3, 0.4) is 0 Å². The first-order valence-corrected chi connectivity index (χ1v) is 8.22. The van der Waals surface area contributed by atoms with Gasteiger partial charge in [0.1, 0.15) is 23.9 Å². The number of rotatable bonds is 6. The van der Waals surface area contributed by atoms with Crippen molar-refractivity contribution in [3.05, 3.63) is 57.3 Å². The van der Waals surface area contributed by atoms with Gasteiger partial charge < -0.3 is 4.90 Å². The van der Waals surface area contributed by atoms with Gasteiger partial charge >= 0.3 is 0 Å². The Morgan fingerprint density at radius 3 is 2.86 bits per heavy atom. The van der Waals surface area contributed by atoms with Crippen molar-refractivity contribution >= 4 is 22.6 Å². The summed E-state index contributed by atoms with van der Waals surface area (Å²) in [4.78, 5) is 41.1. The molecule has 0 unspecified atom stereocenters. The highest BCUT2D eigenvalue weighted by Gasteiger charge is 2.20. The van der Waals surface area contributed by atoms with Crippen LogP contribution in [0.25, 0.3) is 16.7 Å². The molecule has 0 fully saturated rings. The topological polar surface area (TPSA) is 140 Å². The lowest BCUT2D eigenvalue weighted by molar-refractivity contribution is -0.384. The van der Waals surface area contributed by atoms with E-state index in [2.05, 4.69) is 10.1 Å². The van der Waals surface area contributed by atoms with Gasteiger partial charge in [0.15, 0.2) is 5.65 Å². The highest BCUT2D eigenvalue weighted by Crippen LogP contribution is 2.23. The number of para-hydroxylation sites is 2. The average Bonchev–Trinajstić information content (AvgIpc) is 3.12. The van der Waals surface area contributed by atoms with Crippen molar-refractivity contribution in [1.29, 1.82) is 5.26 Å². The van der Waals surface area contributed by atoms with Crippen LogP contribution in [-0.4, -0.2) is 48.7 Å². The highest BCUT2D eigenvalue weighted by atomic mass is 16.6. The van der Waals surface area contributed by atoms with E-state index in [9.17, 15) is 19.7 Å². The molecule has 0 spiro atoms. The second-order valence-electron chi connectivity index (χ2n) is 5.94. The fraction of sp³-hybridized carbons (Fsp3) is 0.235. The van der Waals surface area contributed by atoms with Crippen LogP contribution in [0.15, 0.2) is 41.6 Å². The predicted octanol–water partition coefficient (Wildman–Crippen LogP) is 0.862. The van der Waals surface area contributed by atoms with E-state index < -0.39 is 10.5 Å². The van der Waals surface area contributed by atoms with Gasteiger partial charge in [-0.2, -0.15) is 10.4 Å². The molecule has 0 aliphatic rings. The fourth-order valence-corrected chi connectivity index (χ4v) is 2.64. The number of hydrogen-bond donors (Lipinski definition) is 0. The number of nitro groups is 1. The van der Waals surface area contributed by atoms with Crippen molar-refractivity contribution < 1.29 is 9.72 Å². The molecule has 0 aliphatic heterocycles. The number of nitro benzene ring substituents is 1. The molecule has 2 heterocycles. The summed E-state index contributed by atoms with van der Waals surface area (Å²) in [7, 11) is 1.54. The molecule has 0 radical (unpaired) electrons. The lowest BCUT2D eigenvalue weighted by atomic mass is 10.2. The summed E-state index contributed by atoms with van der Waals surface area (Å²) in [5, 5.41) is 24.0. The largest absolute Gasteiger partial charge is 0.343 e. The van der Waals surface area contributed by atoms with Crippen molar-refractivity contribution in [1.82, 2.24) is 24.2 Å². The Morgan fingerprint density at radius 1 is 1.39 bits per heavy atom. The predicted molar refractivity (Wildman–Crippen MR) is 97.6 cm³/mol. The zero-order valence-electron chi connectivity index (χ0n) is 14.8. The molecule has 3 aromatic rings. The summed E-state index contributed by atoms with van der Waals surface area (Å²) in [5.74, 6) is -0.343. The molecule has 0 aliphatic carbocycles. The van der Waals surface area contributed by atoms with E-state index >= 15 is 0 Å². The molecule has 2 aromatic heterocycles. The van der Waals surface area contributed by atoms with Crippen molar-refractivity contribution in [2.45, 2.75) is 13.0 Å². The lowest BCUT2D eigenvalue weighted by Crippen LogP contribution is -2.34. The van der Waals surface area contributed by atoms with Gasteiger partial charge in [-0.3, -0.25) is 24.3 Å². The Hall–Kier alpha value is -4.07. The Morgan fingerprint density at radius 2 is 2.14 bits per heavy atom. The first-order valence-electron chi connectivity index (χ1n) is 8.22. The minimum atomic E-state index is -0.542. The Kier molecular flexibility index (Phi) is 5.12. The number of hydrogen-bond acceptors (Lipinski definition) is 7. The summed E-state index contributed by atoms with van der Waals surface area (Å²) in [6.45, 7) is 0.0235. The van der Waals surface area contributed by atoms with Crippen LogP contribution >= 0.6 is 0 Å². The Bertz CT molecular complexity index is 1160. The molecule has 0 N–H and O–H groups in total. The standard InChI is InChI=1S/C17H15N7O4/c1-21(8-4-7-18)15(25)10-22-11-19-16-12(17(22)26)9-20-23(16)13-5-2-3-6-14(13)24(27)28/h2-3,5-6,9,11H,4,8,10H2,1H3. The molecule has 142 valence electrons. The Balaban J connectivity index is 1.98. The quantitative estimate of drug-likeness (QED) is 0.455. The maximum Gasteiger partial charge on any atom is 0.294 e. The minimum Gasteiger partial charge on any atom is -0.343 e. The number of amides is 1. The van der Waals surface area contributed by atoms with Gasteiger partial charge in [-0.1, -0.05) is 12.1 Å². The van der Waals surface area contributed by atoms with Gasteiger partial charge in [-0.15, -0.1) is 0 Å². The van der Waals surface area contributed by atoms with E-state index in [1.807, 2.05) is 6.07 Å². The van der Waals surface area contributed by atoms with Crippen molar-refractivity contribution in [2.24, 2.45) is 0 Å². The van der Waals surface area contributed by atoms with Gasteiger partial charge in [0.05, 0.1) is 23.6 Å². The van der Waals surface area contributed by atoms with E-state index in [-0.39, 0.29) is 47.8 Å². The molecular formula is C17H15N7O4. The van der Waals surface area contributed by atoms with Gasteiger partial charge in [-0.05, 0) is 6.07 Å². The number of aromatic nitrogens is 4. The normalized spacial score (nSPS) is 10.6. The summed E-state index contributed by atoms with van der Waals surface area (Å²) >= 11 is 0. The van der Waals surface area contributed by atoms with Crippen LogP contribution < -0.4 is 5.56 Å². The third kappa shape index (κ3) is 3.43. The van der Waals surface area contributed by atoms with Gasteiger partial charge in [0.25, 0.3) is 11.2 Å². The Labute approximate surface area is 158 Å².